The van der Waals surface area contributed by atoms with E-state index in [0.717, 1.165) is 32.8 Å². The fraction of sp³-hybridized carbons (Fsp3) is 1.00. The number of nitrogens with zero attached hydrogens (tertiary/aromatic N) is 1. The van der Waals surface area contributed by atoms with Crippen LogP contribution in [0.4, 0.5) is 0 Å². The highest BCUT2D eigenvalue weighted by atomic mass is 16.5. The zero-order valence-electron chi connectivity index (χ0n) is 11.0. The maximum Gasteiger partial charge on any atom is 0.0702 e. The number of rotatable bonds is 8. The topological polar surface area (TPSA) is 38.5 Å². The van der Waals surface area contributed by atoms with E-state index in [4.69, 9.17) is 10.5 Å². The van der Waals surface area contributed by atoms with Gasteiger partial charge in [0.05, 0.1) is 6.10 Å². The molecule has 2 N–H and O–H groups in total. The molecule has 0 saturated carbocycles. The quantitative estimate of drug-likeness (QED) is 0.689. The smallest absolute Gasteiger partial charge is 0.0702 e. The van der Waals surface area contributed by atoms with Crippen LogP contribution >= 0.6 is 0 Å². The van der Waals surface area contributed by atoms with Crippen LogP contribution < -0.4 is 5.73 Å². The average molecular weight is 228 g/mol. The lowest BCUT2D eigenvalue weighted by atomic mass is 10.0. The Balaban J connectivity index is 2.28. The highest BCUT2D eigenvalue weighted by molar-refractivity contribution is 4.72. The Bertz CT molecular complexity index is 169. The van der Waals surface area contributed by atoms with Crippen LogP contribution in [0.15, 0.2) is 0 Å². The number of hydrogen-bond donors (Lipinski definition) is 1. The fourth-order valence-corrected chi connectivity index (χ4v) is 2.47. The van der Waals surface area contributed by atoms with E-state index in [1.54, 1.807) is 0 Å². The van der Waals surface area contributed by atoms with E-state index >= 15 is 0 Å². The van der Waals surface area contributed by atoms with E-state index in [1.165, 1.54) is 25.7 Å². The molecule has 1 aliphatic rings. The van der Waals surface area contributed by atoms with Gasteiger partial charge in [-0.25, -0.2) is 0 Å². The molecule has 1 rings (SSSR count). The normalized spacial score (nSPS) is 22.9. The predicted molar refractivity (Wildman–Crippen MR) is 68.5 cm³/mol. The Morgan fingerprint density at radius 3 is 2.75 bits per heavy atom. The lowest BCUT2D eigenvalue weighted by Crippen LogP contribution is -2.37. The molecule has 0 aromatic heterocycles. The second kappa shape index (κ2) is 8.04. The Hall–Kier alpha value is -0.120. The molecule has 3 heteroatoms. The fourth-order valence-electron chi connectivity index (χ4n) is 2.47. The SMILES string of the molecule is CCCC(CN)CN(CC)CC1CCCO1. The summed E-state index contributed by atoms with van der Waals surface area (Å²) in [5.41, 5.74) is 5.81. The van der Waals surface area contributed by atoms with Gasteiger partial charge in [0, 0.05) is 19.7 Å². The van der Waals surface area contributed by atoms with Crippen molar-refractivity contribution in [2.75, 3.05) is 32.8 Å². The molecule has 1 aliphatic heterocycles. The van der Waals surface area contributed by atoms with Gasteiger partial charge >= 0.3 is 0 Å². The first-order chi connectivity index (χ1) is 7.80. The molecule has 0 aliphatic carbocycles. The molecule has 3 nitrogen and oxygen atoms in total. The zero-order valence-corrected chi connectivity index (χ0v) is 11.0. The van der Waals surface area contributed by atoms with Gasteiger partial charge in [-0.2, -0.15) is 0 Å². The number of likely N-dealkylation sites (N-methyl/N-ethyl adjacent to an activating group) is 1. The molecule has 0 radical (unpaired) electrons. The van der Waals surface area contributed by atoms with Gasteiger partial charge in [-0.3, -0.25) is 0 Å². The molecule has 0 bridgehead atoms. The van der Waals surface area contributed by atoms with Gasteiger partial charge < -0.3 is 15.4 Å². The number of hydrogen-bond acceptors (Lipinski definition) is 3. The van der Waals surface area contributed by atoms with Crippen molar-refractivity contribution in [3.05, 3.63) is 0 Å². The monoisotopic (exact) mass is 228 g/mol. The predicted octanol–water partition coefficient (Wildman–Crippen LogP) is 1.86. The lowest BCUT2D eigenvalue weighted by Gasteiger charge is -2.27. The lowest BCUT2D eigenvalue weighted by molar-refractivity contribution is 0.0692. The molecule has 1 saturated heterocycles. The van der Waals surface area contributed by atoms with E-state index in [-0.39, 0.29) is 0 Å². The molecule has 0 spiro atoms. The minimum atomic E-state index is 0.472. The van der Waals surface area contributed by atoms with Crippen molar-refractivity contribution in [1.82, 2.24) is 4.90 Å². The molecule has 0 aromatic rings. The summed E-state index contributed by atoms with van der Waals surface area (Å²) in [4.78, 5) is 2.50. The molecule has 96 valence electrons. The largest absolute Gasteiger partial charge is 0.377 e. The van der Waals surface area contributed by atoms with Gasteiger partial charge in [0.15, 0.2) is 0 Å². The molecule has 0 aromatic carbocycles. The third kappa shape index (κ3) is 4.81. The number of nitrogens with two attached hydrogens (primary N) is 1. The molecular formula is C13H28N2O. The first-order valence-electron chi connectivity index (χ1n) is 6.84. The van der Waals surface area contributed by atoms with Crippen LogP contribution in [0.5, 0.6) is 0 Å². The Kier molecular flexibility index (Phi) is 7.01. The average Bonchev–Trinajstić information content (AvgIpc) is 2.80. The molecular weight excluding hydrogens is 200 g/mol. The van der Waals surface area contributed by atoms with Crippen LogP contribution in [-0.4, -0.2) is 43.8 Å². The van der Waals surface area contributed by atoms with Crippen LogP contribution in [0, 0.1) is 5.92 Å². The summed E-state index contributed by atoms with van der Waals surface area (Å²) in [5, 5.41) is 0. The first kappa shape index (κ1) is 13.9. The van der Waals surface area contributed by atoms with E-state index in [2.05, 4.69) is 18.7 Å². The maximum absolute atomic E-state index is 5.81. The second-order valence-electron chi connectivity index (χ2n) is 4.88. The van der Waals surface area contributed by atoms with E-state index in [1.807, 2.05) is 0 Å². The Labute approximate surface area is 100 Å². The van der Waals surface area contributed by atoms with Crippen molar-refractivity contribution in [2.24, 2.45) is 11.7 Å². The summed E-state index contributed by atoms with van der Waals surface area (Å²) < 4.78 is 5.69. The van der Waals surface area contributed by atoms with Crippen LogP contribution in [0.2, 0.25) is 0 Å². The molecule has 1 fully saturated rings. The van der Waals surface area contributed by atoms with Crippen LogP contribution in [0.3, 0.4) is 0 Å². The summed E-state index contributed by atoms with van der Waals surface area (Å²) in [7, 11) is 0. The number of ether oxygens (including phenoxy) is 1. The van der Waals surface area contributed by atoms with Crippen molar-refractivity contribution in [2.45, 2.75) is 45.6 Å². The Morgan fingerprint density at radius 2 is 2.25 bits per heavy atom. The van der Waals surface area contributed by atoms with Crippen molar-refractivity contribution in [3.8, 4) is 0 Å². The van der Waals surface area contributed by atoms with Gasteiger partial charge in [0.1, 0.15) is 0 Å². The van der Waals surface area contributed by atoms with E-state index < -0.39 is 0 Å². The maximum atomic E-state index is 5.81. The highest BCUT2D eigenvalue weighted by Gasteiger charge is 2.19. The van der Waals surface area contributed by atoms with Gasteiger partial charge in [0.2, 0.25) is 0 Å². The van der Waals surface area contributed by atoms with Crippen LogP contribution in [0.1, 0.15) is 39.5 Å². The summed E-state index contributed by atoms with van der Waals surface area (Å²) >= 11 is 0. The van der Waals surface area contributed by atoms with Crippen molar-refractivity contribution >= 4 is 0 Å². The van der Waals surface area contributed by atoms with Gasteiger partial charge in [0.25, 0.3) is 0 Å². The third-order valence-electron chi connectivity index (χ3n) is 3.48. The third-order valence-corrected chi connectivity index (χ3v) is 3.48. The highest BCUT2D eigenvalue weighted by Crippen LogP contribution is 2.15. The van der Waals surface area contributed by atoms with Gasteiger partial charge in [-0.15, -0.1) is 0 Å². The van der Waals surface area contributed by atoms with Crippen molar-refractivity contribution in [1.29, 1.82) is 0 Å². The van der Waals surface area contributed by atoms with Crippen LogP contribution in [-0.2, 0) is 4.74 Å². The summed E-state index contributed by atoms with van der Waals surface area (Å²) in [6.07, 6.45) is 5.42. The minimum absolute atomic E-state index is 0.472. The van der Waals surface area contributed by atoms with E-state index in [0.29, 0.717) is 12.0 Å². The first-order valence-corrected chi connectivity index (χ1v) is 6.84. The summed E-state index contributed by atoms with van der Waals surface area (Å²) in [5.74, 6) is 0.659. The minimum Gasteiger partial charge on any atom is -0.377 e. The van der Waals surface area contributed by atoms with Gasteiger partial charge in [-0.05, 0) is 38.3 Å². The molecule has 16 heavy (non-hydrogen) atoms. The van der Waals surface area contributed by atoms with Crippen molar-refractivity contribution < 1.29 is 4.74 Å². The standard InChI is InChI=1S/C13H28N2O/c1-3-6-12(9-14)10-15(4-2)11-13-7-5-8-16-13/h12-13H,3-11,14H2,1-2H3. The van der Waals surface area contributed by atoms with Gasteiger partial charge in [-0.1, -0.05) is 20.3 Å². The zero-order chi connectivity index (χ0) is 11.8. The summed E-state index contributed by atoms with van der Waals surface area (Å²) in [6, 6.07) is 0. The molecule has 1 heterocycles. The molecule has 2 unspecified atom stereocenters. The molecule has 2 atom stereocenters. The Morgan fingerprint density at radius 1 is 1.44 bits per heavy atom. The second-order valence-corrected chi connectivity index (χ2v) is 4.88. The summed E-state index contributed by atoms with van der Waals surface area (Å²) in [6.45, 7) is 9.58. The molecule has 0 amide bonds. The van der Waals surface area contributed by atoms with E-state index in [9.17, 15) is 0 Å². The van der Waals surface area contributed by atoms with Crippen molar-refractivity contribution in [3.63, 3.8) is 0 Å². The van der Waals surface area contributed by atoms with Crippen LogP contribution in [0.25, 0.3) is 0 Å².